The fraction of sp³-hybridized carbons (Fsp3) is 0.143. The summed E-state index contributed by atoms with van der Waals surface area (Å²) in [6.07, 6.45) is 1.47. The Labute approximate surface area is 241 Å². The van der Waals surface area contributed by atoms with Gasteiger partial charge in [-0.3, -0.25) is 9.59 Å². The second kappa shape index (κ2) is 11.7. The van der Waals surface area contributed by atoms with Gasteiger partial charge in [0.2, 0.25) is 11.9 Å². The number of anilines is 2. The number of nitrogens with zero attached hydrogens (tertiary/aromatic N) is 3. The summed E-state index contributed by atoms with van der Waals surface area (Å²) in [6, 6.07) is 22.0. The number of carbonyl (C=O) groups excluding carboxylic acids is 2. The van der Waals surface area contributed by atoms with Crippen molar-refractivity contribution < 1.29 is 18.0 Å². The number of rotatable bonds is 8. The first kappa shape index (κ1) is 27.6. The third kappa shape index (κ3) is 6.44. The molecule has 1 fully saturated rings. The molecule has 0 unspecified atom stereocenters. The van der Waals surface area contributed by atoms with Gasteiger partial charge in [0.25, 0.3) is 15.9 Å². The molecule has 0 bridgehead atoms. The zero-order chi connectivity index (χ0) is 28.3. The van der Waals surface area contributed by atoms with Crippen molar-refractivity contribution >= 4 is 56.8 Å². The van der Waals surface area contributed by atoms with Gasteiger partial charge in [-0.15, -0.1) is 11.8 Å². The summed E-state index contributed by atoms with van der Waals surface area (Å²) in [5, 5.41) is 3.26. The van der Waals surface area contributed by atoms with E-state index < -0.39 is 10.0 Å². The van der Waals surface area contributed by atoms with Gasteiger partial charge in [-0.1, -0.05) is 35.9 Å². The van der Waals surface area contributed by atoms with Crippen LogP contribution in [0.4, 0.5) is 11.6 Å². The van der Waals surface area contributed by atoms with Crippen LogP contribution in [-0.2, 0) is 21.4 Å². The maximum atomic E-state index is 12.8. The molecule has 204 valence electrons. The molecule has 2 N–H and O–H groups in total. The highest BCUT2D eigenvalue weighted by Crippen LogP contribution is 2.39. The first-order valence-corrected chi connectivity index (χ1v) is 15.1. The first-order valence-electron chi connectivity index (χ1n) is 12.2. The average molecular weight is 594 g/mol. The number of benzene rings is 3. The molecule has 0 radical (unpaired) electrons. The van der Waals surface area contributed by atoms with Crippen molar-refractivity contribution in [2.75, 3.05) is 15.8 Å². The number of aryl methyl sites for hydroxylation is 1. The van der Waals surface area contributed by atoms with E-state index in [0.29, 0.717) is 34.3 Å². The Morgan fingerprint density at radius 3 is 2.40 bits per heavy atom. The normalized spacial score (nSPS) is 15.2. The van der Waals surface area contributed by atoms with E-state index in [9.17, 15) is 18.0 Å². The highest BCUT2D eigenvalue weighted by molar-refractivity contribution is 8.00. The van der Waals surface area contributed by atoms with Gasteiger partial charge < -0.3 is 10.2 Å². The van der Waals surface area contributed by atoms with Crippen LogP contribution in [0.15, 0.2) is 90.0 Å². The second-order valence-corrected chi connectivity index (χ2v) is 12.2. The topological polar surface area (TPSA) is 121 Å². The lowest BCUT2D eigenvalue weighted by Crippen LogP contribution is -2.27. The van der Waals surface area contributed by atoms with Gasteiger partial charge in [0.05, 0.1) is 10.6 Å². The van der Waals surface area contributed by atoms with E-state index in [-0.39, 0.29) is 28.0 Å². The van der Waals surface area contributed by atoms with E-state index in [1.807, 2.05) is 29.2 Å². The predicted molar refractivity (Wildman–Crippen MR) is 156 cm³/mol. The summed E-state index contributed by atoms with van der Waals surface area (Å²) >= 11 is 7.52. The highest BCUT2D eigenvalue weighted by Gasteiger charge is 2.32. The minimum Gasteiger partial charge on any atom is -0.322 e. The molecular weight excluding hydrogens is 570 g/mol. The van der Waals surface area contributed by atoms with Crippen molar-refractivity contribution in [1.29, 1.82) is 0 Å². The van der Waals surface area contributed by atoms with Crippen molar-refractivity contribution in [1.82, 2.24) is 14.9 Å². The van der Waals surface area contributed by atoms with Crippen LogP contribution in [0.25, 0.3) is 0 Å². The van der Waals surface area contributed by atoms with E-state index >= 15 is 0 Å². The van der Waals surface area contributed by atoms with Crippen molar-refractivity contribution in [2.24, 2.45) is 0 Å². The number of thioether (sulfide) groups is 1. The summed E-state index contributed by atoms with van der Waals surface area (Å²) in [5.74, 6) is 0.0782. The third-order valence-corrected chi connectivity index (χ3v) is 8.99. The lowest BCUT2D eigenvalue weighted by molar-refractivity contribution is -0.128. The van der Waals surface area contributed by atoms with Crippen molar-refractivity contribution in [3.05, 3.63) is 112 Å². The number of carbonyl (C=O) groups is 2. The molecule has 1 aliphatic rings. The molecule has 0 aliphatic carbocycles. The van der Waals surface area contributed by atoms with Gasteiger partial charge in [-0.05, 0) is 72.6 Å². The largest absolute Gasteiger partial charge is 0.322 e. The zero-order valence-corrected chi connectivity index (χ0v) is 23.6. The number of hydrogen-bond acceptors (Lipinski definition) is 7. The summed E-state index contributed by atoms with van der Waals surface area (Å²) in [6.45, 7) is 2.20. The van der Waals surface area contributed by atoms with E-state index in [0.717, 1.165) is 11.1 Å². The van der Waals surface area contributed by atoms with Gasteiger partial charge in [0.15, 0.2) is 0 Å². The Bertz CT molecular complexity index is 1650. The smallest absolute Gasteiger partial charge is 0.264 e. The van der Waals surface area contributed by atoms with Crippen LogP contribution in [0, 0.1) is 6.92 Å². The summed E-state index contributed by atoms with van der Waals surface area (Å²) in [7, 11) is -3.89. The van der Waals surface area contributed by atoms with Crippen LogP contribution >= 0.6 is 23.4 Å². The van der Waals surface area contributed by atoms with Crippen LogP contribution in [-0.4, -0.2) is 40.9 Å². The molecule has 1 aliphatic heterocycles. The Balaban J connectivity index is 1.23. The summed E-state index contributed by atoms with van der Waals surface area (Å²) in [4.78, 5) is 35.2. The maximum absolute atomic E-state index is 12.8. The molecule has 1 saturated heterocycles. The molecule has 4 aromatic rings. The van der Waals surface area contributed by atoms with E-state index in [4.69, 9.17) is 11.6 Å². The molecule has 1 atom stereocenters. The van der Waals surface area contributed by atoms with Gasteiger partial charge >= 0.3 is 0 Å². The molecule has 3 aromatic carbocycles. The number of nitrogens with one attached hydrogen (secondary N) is 2. The van der Waals surface area contributed by atoms with Gasteiger partial charge in [-0.2, -0.15) is 0 Å². The quantitative estimate of drug-likeness (QED) is 0.286. The highest BCUT2D eigenvalue weighted by atomic mass is 35.5. The first-order chi connectivity index (χ1) is 19.2. The van der Waals surface area contributed by atoms with Crippen LogP contribution in [0.1, 0.15) is 32.6 Å². The molecule has 2 heterocycles. The summed E-state index contributed by atoms with van der Waals surface area (Å²) in [5.41, 5.74) is 3.40. The van der Waals surface area contributed by atoms with Crippen LogP contribution in [0.5, 0.6) is 0 Å². The number of hydrogen-bond donors (Lipinski definition) is 2. The average Bonchev–Trinajstić information content (AvgIpc) is 3.29. The molecular formula is C28H24ClN5O4S2. The fourth-order valence-electron chi connectivity index (χ4n) is 4.08. The molecule has 12 heteroatoms. The standard InChI is InChI=1S/C28H24ClN5O4S2/c1-18-14-15-30-28(31-18)33-40(37,38)24-12-10-23(11-13-24)32-26(36)20-4-6-21(7-5-20)27-34(25(35)17-39-27)16-19-2-8-22(29)9-3-19/h2-15,27H,16-17H2,1H3,(H,32,36)(H,30,31,33)/t27-/m0/s1. The lowest BCUT2D eigenvalue weighted by atomic mass is 10.1. The Kier molecular flexibility index (Phi) is 8.06. The molecule has 2 amide bonds. The molecule has 9 nitrogen and oxygen atoms in total. The number of aromatic nitrogens is 2. The number of amides is 2. The predicted octanol–water partition coefficient (Wildman–Crippen LogP) is 5.27. The monoisotopic (exact) mass is 593 g/mol. The van der Waals surface area contributed by atoms with Crippen molar-refractivity contribution in [3.63, 3.8) is 0 Å². The Hall–Kier alpha value is -3.93. The van der Waals surface area contributed by atoms with Crippen molar-refractivity contribution in [3.8, 4) is 0 Å². The second-order valence-electron chi connectivity index (χ2n) is 9.04. The SMILES string of the molecule is Cc1ccnc(NS(=O)(=O)c2ccc(NC(=O)c3ccc([C@@H]4SCC(=O)N4Cc4ccc(Cl)cc4)cc3)cc2)n1. The van der Waals surface area contributed by atoms with Gasteiger partial charge in [0.1, 0.15) is 5.37 Å². The molecule has 0 saturated carbocycles. The summed E-state index contributed by atoms with van der Waals surface area (Å²) < 4.78 is 27.7. The fourth-order valence-corrected chi connectivity index (χ4v) is 6.35. The van der Waals surface area contributed by atoms with Gasteiger partial charge in [-0.25, -0.2) is 23.1 Å². The van der Waals surface area contributed by atoms with Crippen molar-refractivity contribution in [2.45, 2.75) is 23.7 Å². The molecule has 5 rings (SSSR count). The van der Waals surface area contributed by atoms with E-state index in [2.05, 4.69) is 20.0 Å². The molecule has 40 heavy (non-hydrogen) atoms. The Morgan fingerprint density at radius 1 is 1.02 bits per heavy atom. The van der Waals surface area contributed by atoms with E-state index in [1.54, 1.807) is 49.0 Å². The van der Waals surface area contributed by atoms with Gasteiger partial charge in [0, 0.05) is 34.7 Å². The minimum atomic E-state index is -3.89. The molecule has 1 aromatic heterocycles. The van der Waals surface area contributed by atoms with Crippen LogP contribution in [0.3, 0.4) is 0 Å². The number of halogens is 1. The Morgan fingerprint density at radius 2 is 1.73 bits per heavy atom. The van der Waals surface area contributed by atoms with E-state index in [1.165, 1.54) is 30.5 Å². The number of sulfonamides is 1. The third-order valence-electron chi connectivity index (χ3n) is 6.14. The molecule has 0 spiro atoms. The zero-order valence-electron chi connectivity index (χ0n) is 21.2. The van der Waals surface area contributed by atoms with Crippen LogP contribution < -0.4 is 10.0 Å². The minimum absolute atomic E-state index is 0.00623. The van der Waals surface area contributed by atoms with Crippen LogP contribution in [0.2, 0.25) is 5.02 Å². The maximum Gasteiger partial charge on any atom is 0.264 e. The lowest BCUT2D eigenvalue weighted by Gasteiger charge is -2.24.